The molecular formula is C4H8N2O6. The Labute approximate surface area is 66.7 Å². The average Bonchev–Trinajstić information content (AvgIpc) is 1.98. The highest BCUT2D eigenvalue weighted by molar-refractivity contribution is 4.57. The van der Waals surface area contributed by atoms with Crippen molar-refractivity contribution in [2.45, 2.75) is 18.7 Å². The lowest BCUT2D eigenvalue weighted by molar-refractivity contribution is -0.652. The molecule has 0 spiro atoms. The maximum Gasteiger partial charge on any atom is 0.380 e. The molecule has 0 aromatic heterocycles. The number of nitrogens with zero attached hydrogens (tertiary/aromatic N) is 2. The highest BCUT2D eigenvalue weighted by atomic mass is 16.7. The van der Waals surface area contributed by atoms with Crippen LogP contribution in [0.5, 0.6) is 0 Å². The van der Waals surface area contributed by atoms with Gasteiger partial charge in [0.05, 0.1) is 11.5 Å². The molecule has 0 aromatic rings. The first kappa shape index (κ1) is 10.7. The van der Waals surface area contributed by atoms with E-state index in [9.17, 15) is 20.2 Å². The van der Waals surface area contributed by atoms with Crippen molar-refractivity contribution in [2.24, 2.45) is 0 Å². The van der Waals surface area contributed by atoms with Crippen LogP contribution < -0.4 is 0 Å². The van der Waals surface area contributed by atoms with Crippen molar-refractivity contribution in [2.75, 3.05) is 6.61 Å². The highest BCUT2D eigenvalue weighted by Gasteiger charge is 2.38. The van der Waals surface area contributed by atoms with Gasteiger partial charge in [-0.3, -0.25) is 20.2 Å². The van der Waals surface area contributed by atoms with Gasteiger partial charge in [0, 0.05) is 11.3 Å². The first-order valence-corrected chi connectivity index (χ1v) is 3.06. The van der Waals surface area contributed by atoms with Crippen LogP contribution in [0, 0.1) is 20.2 Å². The number of hydrogen-bond acceptors (Lipinski definition) is 6. The quantitative estimate of drug-likeness (QED) is 0.304. The normalized spacial score (nSPS) is 15.2. The van der Waals surface area contributed by atoms with Crippen LogP contribution in [0.25, 0.3) is 0 Å². The van der Waals surface area contributed by atoms with Gasteiger partial charge in [0.25, 0.3) is 0 Å². The van der Waals surface area contributed by atoms with Gasteiger partial charge in [-0.05, 0) is 0 Å². The predicted octanol–water partition coefficient (Wildman–Crippen LogP) is -1.39. The van der Waals surface area contributed by atoms with Crippen LogP contribution in [0.4, 0.5) is 0 Å². The van der Waals surface area contributed by atoms with E-state index in [-0.39, 0.29) is 0 Å². The Bertz CT molecular complexity index is 182. The van der Waals surface area contributed by atoms with Gasteiger partial charge < -0.3 is 10.2 Å². The molecule has 0 amide bonds. The molecular weight excluding hydrogens is 172 g/mol. The molecule has 0 aliphatic heterocycles. The summed E-state index contributed by atoms with van der Waals surface area (Å²) in [5.74, 6) is 0. The van der Waals surface area contributed by atoms with Gasteiger partial charge in [-0.15, -0.1) is 0 Å². The van der Waals surface area contributed by atoms with Crippen molar-refractivity contribution in [3.63, 3.8) is 0 Å². The fourth-order valence-electron chi connectivity index (χ4n) is 0.636. The minimum absolute atomic E-state index is 0.435. The first-order valence-electron chi connectivity index (χ1n) is 3.06. The summed E-state index contributed by atoms with van der Waals surface area (Å²) in [5.41, 5.74) is 0. The SMILES string of the molecule is O=[N+]([O-])C(O)C(CCO)[N+](=O)[O-]. The molecule has 0 aliphatic carbocycles. The summed E-state index contributed by atoms with van der Waals surface area (Å²) in [6, 6.07) is -1.75. The number of rotatable bonds is 5. The molecule has 0 aromatic carbocycles. The van der Waals surface area contributed by atoms with E-state index in [1.807, 2.05) is 0 Å². The van der Waals surface area contributed by atoms with Gasteiger partial charge in [-0.2, -0.15) is 0 Å². The summed E-state index contributed by atoms with van der Waals surface area (Å²) < 4.78 is 0. The Kier molecular flexibility index (Phi) is 4.08. The van der Waals surface area contributed by atoms with Crippen molar-refractivity contribution < 1.29 is 20.1 Å². The Hall–Kier alpha value is -1.28. The molecule has 0 fully saturated rings. The zero-order chi connectivity index (χ0) is 9.72. The number of nitro groups is 2. The molecule has 0 saturated heterocycles. The number of aliphatic hydroxyl groups excluding tert-OH is 2. The Morgan fingerprint density at radius 1 is 1.25 bits per heavy atom. The Balaban J connectivity index is 4.28. The summed E-state index contributed by atoms with van der Waals surface area (Å²) >= 11 is 0. The molecule has 8 nitrogen and oxygen atoms in total. The van der Waals surface area contributed by atoms with Crippen LogP contribution in [0.1, 0.15) is 6.42 Å². The lowest BCUT2D eigenvalue weighted by Crippen LogP contribution is -2.39. The van der Waals surface area contributed by atoms with E-state index in [1.54, 1.807) is 0 Å². The van der Waals surface area contributed by atoms with E-state index in [1.165, 1.54) is 0 Å². The van der Waals surface area contributed by atoms with Crippen molar-refractivity contribution in [3.05, 3.63) is 20.2 Å². The van der Waals surface area contributed by atoms with Crippen LogP contribution in [-0.2, 0) is 0 Å². The van der Waals surface area contributed by atoms with E-state index in [4.69, 9.17) is 10.2 Å². The van der Waals surface area contributed by atoms with E-state index in [0.29, 0.717) is 0 Å². The second kappa shape index (κ2) is 4.57. The second-order valence-corrected chi connectivity index (χ2v) is 2.06. The molecule has 0 bridgehead atoms. The van der Waals surface area contributed by atoms with E-state index >= 15 is 0 Å². The molecule has 70 valence electrons. The van der Waals surface area contributed by atoms with Gasteiger partial charge in [0.1, 0.15) is 0 Å². The molecule has 8 heteroatoms. The monoisotopic (exact) mass is 180 g/mol. The predicted molar refractivity (Wildman–Crippen MR) is 35.5 cm³/mol. The van der Waals surface area contributed by atoms with Crippen molar-refractivity contribution in [1.29, 1.82) is 0 Å². The number of aliphatic hydroxyl groups is 2. The smallest absolute Gasteiger partial charge is 0.380 e. The molecule has 0 radical (unpaired) electrons. The van der Waals surface area contributed by atoms with E-state index in [0.717, 1.165) is 0 Å². The zero-order valence-corrected chi connectivity index (χ0v) is 5.99. The van der Waals surface area contributed by atoms with E-state index < -0.39 is 35.1 Å². The van der Waals surface area contributed by atoms with Gasteiger partial charge in [-0.1, -0.05) is 0 Å². The standard InChI is InChI=1S/C4H8N2O6/c7-2-1-3(5(9)10)4(8)6(11)12/h3-4,7-8H,1-2H2. The molecule has 0 saturated carbocycles. The maximum atomic E-state index is 10.1. The largest absolute Gasteiger partial charge is 0.396 e. The van der Waals surface area contributed by atoms with Gasteiger partial charge in [0.2, 0.25) is 0 Å². The third kappa shape index (κ3) is 2.76. The average molecular weight is 180 g/mol. The molecule has 2 unspecified atom stereocenters. The molecule has 2 N–H and O–H groups in total. The summed E-state index contributed by atoms with van der Waals surface area (Å²) in [7, 11) is 0. The summed E-state index contributed by atoms with van der Waals surface area (Å²) in [6.45, 7) is -0.573. The minimum atomic E-state index is -2.26. The van der Waals surface area contributed by atoms with Gasteiger partial charge in [0.15, 0.2) is 0 Å². The van der Waals surface area contributed by atoms with Gasteiger partial charge >= 0.3 is 12.3 Å². The fraction of sp³-hybridized carbons (Fsp3) is 1.00. The van der Waals surface area contributed by atoms with Gasteiger partial charge in [-0.25, -0.2) is 0 Å². The Morgan fingerprint density at radius 2 is 1.75 bits per heavy atom. The molecule has 0 heterocycles. The highest BCUT2D eigenvalue weighted by Crippen LogP contribution is 2.03. The van der Waals surface area contributed by atoms with Crippen LogP contribution in [0.3, 0.4) is 0 Å². The minimum Gasteiger partial charge on any atom is -0.396 e. The second-order valence-electron chi connectivity index (χ2n) is 2.06. The van der Waals surface area contributed by atoms with Crippen molar-refractivity contribution >= 4 is 0 Å². The lowest BCUT2D eigenvalue weighted by Gasteiger charge is -2.07. The molecule has 2 atom stereocenters. The van der Waals surface area contributed by atoms with Crippen molar-refractivity contribution in [1.82, 2.24) is 0 Å². The van der Waals surface area contributed by atoms with Crippen LogP contribution in [0.15, 0.2) is 0 Å². The Morgan fingerprint density at radius 3 is 2.00 bits per heavy atom. The summed E-state index contributed by atoms with van der Waals surface area (Å²) in [6.07, 6.45) is -2.69. The number of hydrogen-bond donors (Lipinski definition) is 2. The molecule has 0 aliphatic rings. The molecule has 12 heavy (non-hydrogen) atoms. The molecule has 0 rings (SSSR count). The van der Waals surface area contributed by atoms with E-state index in [2.05, 4.69) is 0 Å². The van der Waals surface area contributed by atoms with Crippen molar-refractivity contribution in [3.8, 4) is 0 Å². The van der Waals surface area contributed by atoms with Crippen LogP contribution in [0.2, 0.25) is 0 Å². The topological polar surface area (TPSA) is 127 Å². The lowest BCUT2D eigenvalue weighted by atomic mass is 10.2. The maximum absolute atomic E-state index is 10.1. The van der Waals surface area contributed by atoms with Crippen LogP contribution >= 0.6 is 0 Å². The first-order chi connectivity index (χ1) is 5.50. The zero-order valence-electron chi connectivity index (χ0n) is 5.99. The summed E-state index contributed by atoms with van der Waals surface area (Å²) in [5, 5.41) is 36.9. The van der Waals surface area contributed by atoms with Crippen LogP contribution in [-0.4, -0.2) is 38.9 Å². The fourth-order valence-corrected chi connectivity index (χ4v) is 0.636. The summed E-state index contributed by atoms with van der Waals surface area (Å²) in [4.78, 5) is 17.8. The third-order valence-corrected chi connectivity index (χ3v) is 1.26. The third-order valence-electron chi connectivity index (χ3n) is 1.26.